The Balaban J connectivity index is 2.25. The van der Waals surface area contributed by atoms with Gasteiger partial charge in [0, 0.05) is 12.8 Å². The molecule has 0 saturated heterocycles. The van der Waals surface area contributed by atoms with E-state index in [4.69, 9.17) is 9.15 Å². The lowest BCUT2D eigenvalue weighted by atomic mass is 10.2. The van der Waals surface area contributed by atoms with Crippen LogP contribution in [0.25, 0.3) is 0 Å². The van der Waals surface area contributed by atoms with Crippen molar-refractivity contribution in [2.45, 2.75) is 59.1 Å². The van der Waals surface area contributed by atoms with Gasteiger partial charge in [-0.1, -0.05) is 6.92 Å². The summed E-state index contributed by atoms with van der Waals surface area (Å²) in [6, 6.07) is 0. The fraction of sp³-hybridized carbons (Fsp3) is 0.643. The third-order valence-corrected chi connectivity index (χ3v) is 2.36. The number of nitrogens with one attached hydrogen (secondary N) is 1. The third kappa shape index (κ3) is 6.36. The summed E-state index contributed by atoms with van der Waals surface area (Å²) in [7, 11) is 0. The minimum atomic E-state index is -0.526. The second-order valence-corrected chi connectivity index (χ2v) is 5.44. The molecule has 1 heterocycles. The topological polar surface area (TPSA) is 81.4 Å². The second kappa shape index (κ2) is 7.07. The predicted octanol–water partition coefficient (Wildman–Crippen LogP) is 1.98. The van der Waals surface area contributed by atoms with Crippen molar-refractivity contribution in [2.24, 2.45) is 0 Å². The lowest BCUT2D eigenvalue weighted by Crippen LogP contribution is -2.27. The van der Waals surface area contributed by atoms with E-state index in [0.29, 0.717) is 5.89 Å². The fourth-order valence-electron chi connectivity index (χ4n) is 1.46. The highest BCUT2D eigenvalue weighted by Gasteiger charge is 2.17. The number of esters is 1. The maximum atomic E-state index is 11.6. The van der Waals surface area contributed by atoms with Crippen LogP contribution in [0.2, 0.25) is 0 Å². The van der Waals surface area contributed by atoms with Gasteiger partial charge in [0.2, 0.25) is 11.8 Å². The number of nitrogens with zero attached hydrogens (tertiary/aromatic N) is 1. The lowest BCUT2D eigenvalue weighted by Gasteiger charge is -2.19. The molecule has 6 nitrogen and oxygen atoms in total. The van der Waals surface area contributed by atoms with Crippen LogP contribution in [0.3, 0.4) is 0 Å². The highest BCUT2D eigenvalue weighted by atomic mass is 16.6. The Morgan fingerprint density at radius 1 is 1.35 bits per heavy atom. The van der Waals surface area contributed by atoms with Crippen molar-refractivity contribution in [1.82, 2.24) is 10.3 Å². The maximum absolute atomic E-state index is 11.6. The minimum Gasteiger partial charge on any atom is -0.460 e. The number of rotatable bonds is 6. The molecule has 0 spiro atoms. The van der Waals surface area contributed by atoms with Crippen LogP contribution in [-0.4, -0.2) is 22.5 Å². The van der Waals surface area contributed by atoms with E-state index in [1.54, 1.807) is 27.0 Å². The second-order valence-electron chi connectivity index (χ2n) is 5.44. The van der Waals surface area contributed by atoms with Gasteiger partial charge in [-0.2, -0.15) is 0 Å². The first-order valence-corrected chi connectivity index (χ1v) is 6.72. The number of hydrogen-bond acceptors (Lipinski definition) is 5. The van der Waals surface area contributed by atoms with E-state index in [-0.39, 0.29) is 31.3 Å². The van der Waals surface area contributed by atoms with Gasteiger partial charge in [-0.25, -0.2) is 4.98 Å². The molecule has 0 aromatic carbocycles. The number of aryl methyl sites for hydroxylation is 1. The summed E-state index contributed by atoms with van der Waals surface area (Å²) in [5, 5.41) is 2.65. The van der Waals surface area contributed by atoms with E-state index in [9.17, 15) is 9.59 Å². The van der Waals surface area contributed by atoms with Gasteiger partial charge in [-0.15, -0.1) is 0 Å². The molecule has 0 aliphatic carbocycles. The van der Waals surface area contributed by atoms with Crippen LogP contribution in [0.1, 0.15) is 52.2 Å². The molecule has 1 amide bonds. The average molecular weight is 282 g/mol. The SMILES string of the molecule is CCc1cnc(CNC(=O)CCC(=O)OC(C)(C)C)o1. The van der Waals surface area contributed by atoms with Gasteiger partial charge in [-0.05, 0) is 20.8 Å². The van der Waals surface area contributed by atoms with Gasteiger partial charge < -0.3 is 14.5 Å². The van der Waals surface area contributed by atoms with Gasteiger partial charge in [-0.3, -0.25) is 9.59 Å². The standard InChI is InChI=1S/C14H22N2O4/c1-5-10-8-16-12(19-10)9-15-11(17)6-7-13(18)20-14(2,3)4/h8H,5-7,9H2,1-4H3,(H,15,17). The maximum Gasteiger partial charge on any atom is 0.306 e. The summed E-state index contributed by atoms with van der Waals surface area (Å²) >= 11 is 0. The van der Waals surface area contributed by atoms with Crippen LogP contribution >= 0.6 is 0 Å². The number of carbonyl (C=O) groups excluding carboxylic acids is 2. The Hall–Kier alpha value is -1.85. The molecule has 1 aromatic heterocycles. The molecule has 0 bridgehead atoms. The molecule has 1 N–H and O–H groups in total. The highest BCUT2D eigenvalue weighted by molar-refractivity contribution is 5.81. The van der Waals surface area contributed by atoms with Crippen LogP contribution in [0.5, 0.6) is 0 Å². The van der Waals surface area contributed by atoms with Crippen molar-refractivity contribution in [3.8, 4) is 0 Å². The Morgan fingerprint density at radius 3 is 2.60 bits per heavy atom. The molecule has 0 aliphatic rings. The molecule has 0 saturated carbocycles. The van der Waals surface area contributed by atoms with E-state index in [1.807, 2.05) is 6.92 Å². The summed E-state index contributed by atoms with van der Waals surface area (Å²) in [5.41, 5.74) is -0.526. The van der Waals surface area contributed by atoms with Crippen LogP contribution in [0, 0.1) is 0 Å². The van der Waals surface area contributed by atoms with Gasteiger partial charge in [0.1, 0.15) is 11.4 Å². The predicted molar refractivity (Wildman–Crippen MR) is 72.8 cm³/mol. The Morgan fingerprint density at radius 2 is 2.05 bits per heavy atom. The molecule has 0 unspecified atom stereocenters. The van der Waals surface area contributed by atoms with Gasteiger partial charge >= 0.3 is 5.97 Å². The van der Waals surface area contributed by atoms with Crippen LogP contribution in [-0.2, 0) is 27.3 Å². The largest absolute Gasteiger partial charge is 0.460 e. The fourth-order valence-corrected chi connectivity index (χ4v) is 1.46. The zero-order valence-electron chi connectivity index (χ0n) is 12.5. The van der Waals surface area contributed by atoms with Crippen LogP contribution in [0.4, 0.5) is 0 Å². The average Bonchev–Trinajstić information content (AvgIpc) is 2.79. The molecule has 0 radical (unpaired) electrons. The van der Waals surface area contributed by atoms with E-state index in [0.717, 1.165) is 12.2 Å². The molecule has 0 fully saturated rings. The van der Waals surface area contributed by atoms with Crippen molar-refractivity contribution >= 4 is 11.9 Å². The van der Waals surface area contributed by atoms with Crippen LogP contribution < -0.4 is 5.32 Å². The summed E-state index contributed by atoms with van der Waals surface area (Å²) in [4.78, 5) is 27.1. The number of amides is 1. The first-order chi connectivity index (χ1) is 9.30. The number of hydrogen-bond donors (Lipinski definition) is 1. The molecular formula is C14H22N2O4. The first kappa shape index (κ1) is 16.2. The normalized spacial score (nSPS) is 11.2. The molecule has 1 aromatic rings. The highest BCUT2D eigenvalue weighted by Crippen LogP contribution is 2.09. The van der Waals surface area contributed by atoms with E-state index < -0.39 is 5.60 Å². The summed E-state index contributed by atoms with van der Waals surface area (Å²) in [5.74, 6) is 0.639. The Kier molecular flexibility index (Phi) is 5.73. The number of aromatic nitrogens is 1. The molecule has 1 rings (SSSR count). The molecule has 6 heteroatoms. The molecular weight excluding hydrogens is 260 g/mol. The first-order valence-electron chi connectivity index (χ1n) is 6.72. The Labute approximate surface area is 118 Å². The molecule has 20 heavy (non-hydrogen) atoms. The minimum absolute atomic E-state index is 0.0644. The third-order valence-electron chi connectivity index (χ3n) is 2.36. The van der Waals surface area contributed by atoms with E-state index in [1.165, 1.54) is 0 Å². The quantitative estimate of drug-likeness (QED) is 0.807. The number of carbonyl (C=O) groups is 2. The number of oxazole rings is 1. The van der Waals surface area contributed by atoms with Crippen molar-refractivity contribution in [3.05, 3.63) is 17.8 Å². The van der Waals surface area contributed by atoms with Crippen molar-refractivity contribution in [2.75, 3.05) is 0 Å². The Bertz CT molecular complexity index is 460. The summed E-state index contributed by atoms with van der Waals surface area (Å²) in [6.45, 7) is 7.56. The number of ether oxygens (including phenoxy) is 1. The van der Waals surface area contributed by atoms with Crippen LogP contribution in [0.15, 0.2) is 10.6 Å². The van der Waals surface area contributed by atoms with Gasteiger partial charge in [0.25, 0.3) is 0 Å². The zero-order valence-corrected chi connectivity index (χ0v) is 12.5. The van der Waals surface area contributed by atoms with Crippen molar-refractivity contribution in [3.63, 3.8) is 0 Å². The molecule has 0 aliphatic heterocycles. The monoisotopic (exact) mass is 282 g/mol. The zero-order chi connectivity index (χ0) is 15.2. The lowest BCUT2D eigenvalue weighted by molar-refractivity contribution is -0.155. The smallest absolute Gasteiger partial charge is 0.306 e. The summed E-state index contributed by atoms with van der Waals surface area (Å²) < 4.78 is 10.5. The van der Waals surface area contributed by atoms with Gasteiger partial charge in [0.05, 0.1) is 19.2 Å². The van der Waals surface area contributed by atoms with Crippen molar-refractivity contribution in [1.29, 1.82) is 0 Å². The van der Waals surface area contributed by atoms with Gasteiger partial charge in [0.15, 0.2) is 0 Å². The van der Waals surface area contributed by atoms with E-state index in [2.05, 4.69) is 10.3 Å². The van der Waals surface area contributed by atoms with Crippen molar-refractivity contribution < 1.29 is 18.7 Å². The summed E-state index contributed by atoms with van der Waals surface area (Å²) in [6.07, 6.45) is 2.56. The molecule has 0 atom stereocenters. The molecule has 112 valence electrons. The van der Waals surface area contributed by atoms with E-state index >= 15 is 0 Å².